The molecule has 0 aliphatic rings. The fraction of sp³-hybridized carbons (Fsp3) is 0.0526. The molecule has 0 unspecified atom stereocenters. The first kappa shape index (κ1) is 14.9. The van der Waals surface area contributed by atoms with Crippen molar-refractivity contribution in [2.45, 2.75) is 6.92 Å². The standard InChI is InChI=1S/C19H13N3S2/c1-12-4-6-15-16(9-12)22-19(21-15)13(11-20)10-14-5-7-18(24-14)17-3-2-8-23-17/h2-10H,1H3,(H,21,22)/b13-10+. The Morgan fingerprint density at radius 2 is 2.12 bits per heavy atom. The Balaban J connectivity index is 1.72. The van der Waals surface area contributed by atoms with Crippen LogP contribution in [0.1, 0.15) is 16.3 Å². The third-order valence-corrected chi connectivity index (χ3v) is 5.79. The van der Waals surface area contributed by atoms with Gasteiger partial charge in [0.05, 0.1) is 16.6 Å². The molecule has 24 heavy (non-hydrogen) atoms. The highest BCUT2D eigenvalue weighted by Gasteiger charge is 2.09. The molecule has 4 aromatic rings. The minimum Gasteiger partial charge on any atom is -0.337 e. The Kier molecular flexibility index (Phi) is 3.77. The van der Waals surface area contributed by atoms with Crippen LogP contribution in [0, 0.1) is 18.3 Å². The van der Waals surface area contributed by atoms with Gasteiger partial charge in [0, 0.05) is 14.6 Å². The van der Waals surface area contributed by atoms with E-state index >= 15 is 0 Å². The van der Waals surface area contributed by atoms with Crippen molar-refractivity contribution in [2.75, 3.05) is 0 Å². The average Bonchev–Trinajstić information content (AvgIpc) is 3.31. The molecule has 116 valence electrons. The van der Waals surface area contributed by atoms with Gasteiger partial charge in [-0.2, -0.15) is 5.26 Å². The summed E-state index contributed by atoms with van der Waals surface area (Å²) in [4.78, 5) is 11.3. The van der Waals surface area contributed by atoms with E-state index in [0.29, 0.717) is 11.4 Å². The maximum absolute atomic E-state index is 9.54. The number of hydrogen-bond acceptors (Lipinski definition) is 4. The minimum absolute atomic E-state index is 0.545. The van der Waals surface area contributed by atoms with E-state index in [9.17, 15) is 5.26 Å². The number of allylic oxidation sites excluding steroid dienone is 1. The lowest BCUT2D eigenvalue weighted by atomic mass is 10.2. The Morgan fingerprint density at radius 3 is 2.92 bits per heavy atom. The predicted molar refractivity (Wildman–Crippen MR) is 102 cm³/mol. The molecule has 1 N–H and O–H groups in total. The van der Waals surface area contributed by atoms with Crippen molar-refractivity contribution in [1.82, 2.24) is 9.97 Å². The summed E-state index contributed by atoms with van der Waals surface area (Å²) in [6.07, 6.45) is 1.90. The van der Waals surface area contributed by atoms with Crippen molar-refractivity contribution >= 4 is 45.4 Å². The summed E-state index contributed by atoms with van der Waals surface area (Å²) in [5.74, 6) is 0.615. The lowest BCUT2D eigenvalue weighted by molar-refractivity contribution is 1.27. The zero-order valence-electron chi connectivity index (χ0n) is 12.9. The van der Waals surface area contributed by atoms with Gasteiger partial charge < -0.3 is 4.98 Å². The monoisotopic (exact) mass is 347 g/mol. The predicted octanol–water partition coefficient (Wildman–Crippen LogP) is 5.73. The van der Waals surface area contributed by atoms with Crippen LogP contribution >= 0.6 is 22.7 Å². The normalized spacial score (nSPS) is 11.8. The van der Waals surface area contributed by atoms with E-state index in [1.165, 1.54) is 15.3 Å². The van der Waals surface area contributed by atoms with Gasteiger partial charge in [-0.1, -0.05) is 12.1 Å². The molecule has 3 nitrogen and oxygen atoms in total. The van der Waals surface area contributed by atoms with Crippen LogP contribution in [-0.2, 0) is 0 Å². The van der Waals surface area contributed by atoms with E-state index < -0.39 is 0 Å². The van der Waals surface area contributed by atoms with Crippen molar-refractivity contribution in [1.29, 1.82) is 5.26 Å². The number of nitriles is 1. The fourth-order valence-electron chi connectivity index (χ4n) is 2.53. The number of rotatable bonds is 3. The summed E-state index contributed by atoms with van der Waals surface area (Å²) < 4.78 is 0. The number of aromatic nitrogens is 2. The lowest BCUT2D eigenvalue weighted by Crippen LogP contribution is -1.83. The summed E-state index contributed by atoms with van der Waals surface area (Å²) in [7, 11) is 0. The first-order chi connectivity index (χ1) is 11.7. The second kappa shape index (κ2) is 6.08. The highest BCUT2D eigenvalue weighted by Crippen LogP contribution is 2.33. The second-order valence-corrected chi connectivity index (χ2v) is 7.52. The number of benzene rings is 1. The van der Waals surface area contributed by atoms with Crippen LogP contribution < -0.4 is 0 Å². The van der Waals surface area contributed by atoms with Crippen molar-refractivity contribution in [3.8, 4) is 15.8 Å². The van der Waals surface area contributed by atoms with Crippen molar-refractivity contribution in [3.05, 3.63) is 64.1 Å². The summed E-state index contributed by atoms with van der Waals surface area (Å²) in [5.41, 5.74) is 3.54. The molecule has 5 heteroatoms. The molecule has 0 aliphatic heterocycles. The number of aryl methyl sites for hydroxylation is 1. The van der Waals surface area contributed by atoms with Gasteiger partial charge in [-0.25, -0.2) is 4.98 Å². The molecule has 4 rings (SSSR count). The van der Waals surface area contributed by atoms with Gasteiger partial charge in [0.1, 0.15) is 11.9 Å². The lowest BCUT2D eigenvalue weighted by Gasteiger charge is -1.92. The number of aromatic amines is 1. The molecular formula is C19H13N3S2. The van der Waals surface area contributed by atoms with Crippen molar-refractivity contribution < 1.29 is 0 Å². The minimum atomic E-state index is 0.545. The molecule has 1 aromatic carbocycles. The van der Waals surface area contributed by atoms with Crippen LogP contribution in [0.3, 0.4) is 0 Å². The van der Waals surface area contributed by atoms with Gasteiger partial charge >= 0.3 is 0 Å². The zero-order valence-corrected chi connectivity index (χ0v) is 14.5. The zero-order chi connectivity index (χ0) is 16.5. The number of thiophene rings is 2. The Morgan fingerprint density at radius 1 is 1.21 bits per heavy atom. The molecule has 0 fully saturated rings. The third kappa shape index (κ3) is 2.78. The summed E-state index contributed by atoms with van der Waals surface area (Å²) in [6, 6.07) is 16.6. The van der Waals surface area contributed by atoms with Gasteiger partial charge in [-0.15, -0.1) is 22.7 Å². The molecule has 3 aromatic heterocycles. The fourth-order valence-corrected chi connectivity index (χ4v) is 4.31. The summed E-state index contributed by atoms with van der Waals surface area (Å²) >= 11 is 3.40. The molecular weight excluding hydrogens is 334 g/mol. The smallest absolute Gasteiger partial charge is 0.149 e. The largest absolute Gasteiger partial charge is 0.337 e. The Bertz CT molecular complexity index is 1080. The molecule has 0 saturated heterocycles. The van der Waals surface area contributed by atoms with Crippen LogP contribution in [-0.4, -0.2) is 9.97 Å². The van der Waals surface area contributed by atoms with Gasteiger partial charge in [0.2, 0.25) is 0 Å². The summed E-state index contributed by atoms with van der Waals surface area (Å²) in [5, 5.41) is 11.6. The van der Waals surface area contributed by atoms with Crippen molar-refractivity contribution in [3.63, 3.8) is 0 Å². The molecule has 0 radical (unpaired) electrons. The number of imidazole rings is 1. The van der Waals surface area contributed by atoms with Gasteiger partial charge in [0.15, 0.2) is 0 Å². The van der Waals surface area contributed by atoms with Crippen LogP contribution in [0.25, 0.3) is 32.4 Å². The highest BCUT2D eigenvalue weighted by molar-refractivity contribution is 7.21. The topological polar surface area (TPSA) is 52.5 Å². The van der Waals surface area contributed by atoms with E-state index in [1.807, 2.05) is 43.3 Å². The molecule has 0 saturated carbocycles. The molecule has 0 aliphatic carbocycles. The first-order valence-electron chi connectivity index (χ1n) is 7.45. The molecule has 0 spiro atoms. The van der Waals surface area contributed by atoms with Gasteiger partial charge in [0.25, 0.3) is 0 Å². The molecule has 3 heterocycles. The highest BCUT2D eigenvalue weighted by atomic mass is 32.1. The number of nitrogens with zero attached hydrogens (tertiary/aromatic N) is 2. The van der Waals surface area contributed by atoms with Gasteiger partial charge in [-0.05, 0) is 54.3 Å². The molecule has 0 bridgehead atoms. The summed E-state index contributed by atoms with van der Waals surface area (Å²) in [6.45, 7) is 2.04. The van der Waals surface area contributed by atoms with E-state index in [0.717, 1.165) is 15.9 Å². The van der Waals surface area contributed by atoms with Crippen LogP contribution in [0.2, 0.25) is 0 Å². The Labute approximate surface area is 147 Å². The van der Waals surface area contributed by atoms with E-state index in [-0.39, 0.29) is 0 Å². The first-order valence-corrected chi connectivity index (χ1v) is 9.15. The SMILES string of the molecule is Cc1ccc2nc(/C(C#N)=C/c3ccc(-c4cccs4)s3)[nH]c2c1. The van der Waals surface area contributed by atoms with Gasteiger partial charge in [-0.3, -0.25) is 0 Å². The number of fused-ring (bicyclic) bond motifs is 1. The molecule has 0 amide bonds. The van der Waals surface area contributed by atoms with E-state index in [2.05, 4.69) is 33.5 Å². The number of nitrogens with one attached hydrogen (secondary N) is 1. The Hall–Kier alpha value is -2.68. The maximum Gasteiger partial charge on any atom is 0.149 e. The van der Waals surface area contributed by atoms with E-state index in [4.69, 9.17) is 0 Å². The number of hydrogen-bond donors (Lipinski definition) is 1. The van der Waals surface area contributed by atoms with Crippen molar-refractivity contribution in [2.24, 2.45) is 0 Å². The van der Waals surface area contributed by atoms with E-state index in [1.54, 1.807) is 22.7 Å². The maximum atomic E-state index is 9.54. The van der Waals surface area contributed by atoms with Crippen LogP contribution in [0.4, 0.5) is 0 Å². The third-order valence-electron chi connectivity index (χ3n) is 3.69. The average molecular weight is 347 g/mol. The molecule has 0 atom stereocenters. The van der Waals surface area contributed by atoms with Crippen LogP contribution in [0.15, 0.2) is 47.8 Å². The van der Waals surface area contributed by atoms with Crippen LogP contribution in [0.5, 0.6) is 0 Å². The quantitative estimate of drug-likeness (QED) is 0.481. The number of H-pyrrole nitrogens is 1. The second-order valence-electron chi connectivity index (χ2n) is 5.46.